The second-order valence-electron chi connectivity index (χ2n) is 5.31. The van der Waals surface area contributed by atoms with Crippen molar-refractivity contribution in [1.29, 1.82) is 0 Å². The molecule has 0 radical (unpaired) electrons. The van der Waals surface area contributed by atoms with Crippen LogP contribution in [0.1, 0.15) is 24.2 Å². The quantitative estimate of drug-likeness (QED) is 0.805. The van der Waals surface area contributed by atoms with E-state index in [2.05, 4.69) is 19.2 Å². The Kier molecular flexibility index (Phi) is 5.69. The predicted molar refractivity (Wildman–Crippen MR) is 91.2 cm³/mol. The molecule has 0 heterocycles. The molecule has 0 unspecified atom stereocenters. The van der Waals surface area contributed by atoms with E-state index >= 15 is 0 Å². The number of rotatable bonds is 5. The van der Waals surface area contributed by atoms with E-state index in [1.165, 1.54) is 0 Å². The molecule has 3 nitrogen and oxygen atoms in total. The molecule has 22 heavy (non-hydrogen) atoms. The highest BCUT2D eigenvalue weighted by Gasteiger charge is 2.11. The van der Waals surface area contributed by atoms with E-state index in [1.807, 2.05) is 12.1 Å². The Morgan fingerprint density at radius 2 is 1.82 bits per heavy atom. The van der Waals surface area contributed by atoms with Crippen molar-refractivity contribution in [3.8, 4) is 5.75 Å². The summed E-state index contributed by atoms with van der Waals surface area (Å²) in [5, 5.41) is 3.60. The fourth-order valence-electron chi connectivity index (χ4n) is 1.77. The highest BCUT2D eigenvalue weighted by Crippen LogP contribution is 2.23. The largest absolute Gasteiger partial charge is 0.493 e. The van der Waals surface area contributed by atoms with Crippen LogP contribution in [0.2, 0.25) is 10.0 Å². The highest BCUT2D eigenvalue weighted by molar-refractivity contribution is 6.37. The van der Waals surface area contributed by atoms with Crippen LogP contribution >= 0.6 is 23.2 Å². The van der Waals surface area contributed by atoms with Gasteiger partial charge in [-0.2, -0.15) is 0 Å². The summed E-state index contributed by atoms with van der Waals surface area (Å²) >= 11 is 11.8. The Hall–Kier alpha value is -1.71. The van der Waals surface area contributed by atoms with Crippen LogP contribution in [-0.2, 0) is 0 Å². The molecule has 116 valence electrons. The second kappa shape index (κ2) is 7.52. The lowest BCUT2D eigenvalue weighted by molar-refractivity contribution is 0.102. The van der Waals surface area contributed by atoms with Gasteiger partial charge in [0.1, 0.15) is 5.75 Å². The number of anilines is 1. The van der Waals surface area contributed by atoms with E-state index in [-0.39, 0.29) is 5.91 Å². The SMILES string of the molecule is CC(C)COc1ccc(NC(=O)c2ccc(Cl)cc2Cl)cc1. The van der Waals surface area contributed by atoms with Gasteiger partial charge >= 0.3 is 0 Å². The standard InChI is InChI=1S/C17H17Cl2NO2/c1-11(2)10-22-14-6-4-13(5-7-14)20-17(21)15-8-3-12(18)9-16(15)19/h3-9,11H,10H2,1-2H3,(H,20,21). The Morgan fingerprint density at radius 3 is 2.41 bits per heavy atom. The molecule has 0 aliphatic rings. The zero-order valence-corrected chi connectivity index (χ0v) is 13.9. The first-order chi connectivity index (χ1) is 10.5. The van der Waals surface area contributed by atoms with Gasteiger partial charge in [0.25, 0.3) is 5.91 Å². The van der Waals surface area contributed by atoms with Gasteiger partial charge < -0.3 is 10.1 Å². The molecular weight excluding hydrogens is 321 g/mol. The third kappa shape index (κ3) is 4.65. The first-order valence-electron chi connectivity index (χ1n) is 6.95. The fourth-order valence-corrected chi connectivity index (χ4v) is 2.26. The summed E-state index contributed by atoms with van der Waals surface area (Å²) in [5.41, 5.74) is 1.05. The van der Waals surface area contributed by atoms with Crippen molar-refractivity contribution in [2.24, 2.45) is 5.92 Å². The molecule has 2 aromatic carbocycles. The average molecular weight is 338 g/mol. The van der Waals surface area contributed by atoms with Gasteiger partial charge in [0.2, 0.25) is 0 Å². The average Bonchev–Trinajstić information content (AvgIpc) is 2.46. The lowest BCUT2D eigenvalue weighted by atomic mass is 10.2. The van der Waals surface area contributed by atoms with Crippen molar-refractivity contribution >= 4 is 34.8 Å². The van der Waals surface area contributed by atoms with Crippen LogP contribution in [0.15, 0.2) is 42.5 Å². The van der Waals surface area contributed by atoms with Gasteiger partial charge in [0.15, 0.2) is 0 Å². The number of halogens is 2. The molecule has 0 fully saturated rings. The lowest BCUT2D eigenvalue weighted by Gasteiger charge is -2.10. The van der Waals surface area contributed by atoms with Crippen LogP contribution in [-0.4, -0.2) is 12.5 Å². The van der Waals surface area contributed by atoms with Crippen molar-refractivity contribution in [1.82, 2.24) is 0 Å². The zero-order valence-electron chi connectivity index (χ0n) is 12.4. The normalized spacial score (nSPS) is 10.6. The third-order valence-corrected chi connectivity index (χ3v) is 3.42. The van der Waals surface area contributed by atoms with Crippen LogP contribution in [0.4, 0.5) is 5.69 Å². The van der Waals surface area contributed by atoms with Gasteiger partial charge in [0, 0.05) is 10.7 Å². The van der Waals surface area contributed by atoms with E-state index in [4.69, 9.17) is 27.9 Å². The molecule has 0 aliphatic heterocycles. The number of hydrogen-bond acceptors (Lipinski definition) is 2. The summed E-state index contributed by atoms with van der Waals surface area (Å²) in [4.78, 5) is 12.2. The van der Waals surface area contributed by atoms with Crippen molar-refractivity contribution in [3.63, 3.8) is 0 Å². The topological polar surface area (TPSA) is 38.3 Å². The number of nitrogens with one attached hydrogen (secondary N) is 1. The Bertz CT molecular complexity index is 654. The third-order valence-electron chi connectivity index (χ3n) is 2.87. The maximum absolute atomic E-state index is 12.2. The molecule has 2 rings (SSSR count). The Labute approximate surface area is 140 Å². The minimum absolute atomic E-state index is 0.280. The molecular formula is C17H17Cl2NO2. The van der Waals surface area contributed by atoms with Crippen molar-refractivity contribution in [2.45, 2.75) is 13.8 Å². The number of carbonyl (C=O) groups excluding carboxylic acids is 1. The summed E-state index contributed by atoms with van der Waals surface area (Å²) in [6, 6.07) is 12.0. The van der Waals surface area contributed by atoms with Gasteiger partial charge in [0.05, 0.1) is 17.2 Å². The van der Waals surface area contributed by atoms with Crippen molar-refractivity contribution in [3.05, 3.63) is 58.1 Å². The number of ether oxygens (including phenoxy) is 1. The van der Waals surface area contributed by atoms with Crippen LogP contribution in [0.25, 0.3) is 0 Å². The molecule has 0 bridgehead atoms. The molecule has 0 aromatic heterocycles. The number of hydrogen-bond donors (Lipinski definition) is 1. The fraction of sp³-hybridized carbons (Fsp3) is 0.235. The summed E-state index contributed by atoms with van der Waals surface area (Å²) in [7, 11) is 0. The number of benzene rings is 2. The summed E-state index contributed by atoms with van der Waals surface area (Å²) in [6.07, 6.45) is 0. The minimum atomic E-state index is -0.280. The number of carbonyl (C=O) groups is 1. The Balaban J connectivity index is 2.02. The first-order valence-corrected chi connectivity index (χ1v) is 7.70. The molecule has 0 saturated heterocycles. The van der Waals surface area contributed by atoms with E-state index in [9.17, 15) is 4.79 Å². The number of amides is 1. The molecule has 1 N–H and O–H groups in total. The molecule has 0 saturated carbocycles. The van der Waals surface area contributed by atoms with Crippen molar-refractivity contribution in [2.75, 3.05) is 11.9 Å². The van der Waals surface area contributed by atoms with Gasteiger partial charge in [-0.25, -0.2) is 0 Å². The Morgan fingerprint density at radius 1 is 1.14 bits per heavy atom. The summed E-state index contributed by atoms with van der Waals surface area (Å²) < 4.78 is 5.60. The molecule has 0 atom stereocenters. The van der Waals surface area contributed by atoms with E-state index in [0.717, 1.165) is 5.75 Å². The molecule has 0 spiro atoms. The van der Waals surface area contributed by atoms with E-state index in [0.29, 0.717) is 33.8 Å². The van der Waals surface area contributed by atoms with Crippen LogP contribution in [0.5, 0.6) is 5.75 Å². The smallest absolute Gasteiger partial charge is 0.257 e. The molecule has 2 aromatic rings. The maximum Gasteiger partial charge on any atom is 0.257 e. The van der Waals surface area contributed by atoms with Gasteiger partial charge in [-0.3, -0.25) is 4.79 Å². The van der Waals surface area contributed by atoms with Crippen LogP contribution in [0, 0.1) is 5.92 Å². The minimum Gasteiger partial charge on any atom is -0.493 e. The zero-order chi connectivity index (χ0) is 16.1. The van der Waals surface area contributed by atoms with Gasteiger partial charge in [-0.15, -0.1) is 0 Å². The molecule has 1 amide bonds. The lowest BCUT2D eigenvalue weighted by Crippen LogP contribution is -2.12. The van der Waals surface area contributed by atoms with E-state index in [1.54, 1.807) is 30.3 Å². The predicted octanol–water partition coefficient (Wildman–Crippen LogP) is 5.28. The van der Waals surface area contributed by atoms with Crippen LogP contribution in [0.3, 0.4) is 0 Å². The van der Waals surface area contributed by atoms with Gasteiger partial charge in [-0.1, -0.05) is 37.0 Å². The van der Waals surface area contributed by atoms with Gasteiger partial charge in [-0.05, 0) is 48.4 Å². The summed E-state index contributed by atoms with van der Waals surface area (Å²) in [6.45, 7) is 4.83. The molecule has 0 aliphatic carbocycles. The monoisotopic (exact) mass is 337 g/mol. The van der Waals surface area contributed by atoms with Crippen LogP contribution < -0.4 is 10.1 Å². The highest BCUT2D eigenvalue weighted by atomic mass is 35.5. The first kappa shape index (κ1) is 16.7. The van der Waals surface area contributed by atoms with Crippen molar-refractivity contribution < 1.29 is 9.53 Å². The summed E-state index contributed by atoms with van der Waals surface area (Å²) in [5.74, 6) is 0.958. The van der Waals surface area contributed by atoms with E-state index < -0.39 is 0 Å². The second-order valence-corrected chi connectivity index (χ2v) is 6.15. The molecule has 5 heteroatoms. The maximum atomic E-state index is 12.2.